The first-order valence-corrected chi connectivity index (χ1v) is 4.73. The predicted octanol–water partition coefficient (Wildman–Crippen LogP) is 2.85. The average Bonchev–Trinajstić information content (AvgIpc) is 2.18. The maximum atomic E-state index is 11.5. The minimum absolute atomic E-state index is 0.153. The number of benzene rings is 1. The Morgan fingerprint density at radius 1 is 1.50 bits per heavy atom. The van der Waals surface area contributed by atoms with E-state index >= 15 is 0 Å². The fourth-order valence-electron chi connectivity index (χ4n) is 1.33. The number of Topliss-reactive ketones (excluding diaryl/α,β-unsaturated/α-hetero) is 1. The van der Waals surface area contributed by atoms with Crippen molar-refractivity contribution >= 4 is 5.78 Å². The number of hydrogen-bond acceptors (Lipinski definition) is 2. The van der Waals surface area contributed by atoms with E-state index in [0.29, 0.717) is 17.5 Å². The lowest BCUT2D eigenvalue weighted by Gasteiger charge is -2.01. The summed E-state index contributed by atoms with van der Waals surface area (Å²) in [5.41, 5.74) is 2.22. The van der Waals surface area contributed by atoms with Crippen LogP contribution in [0.5, 0.6) is 0 Å². The van der Waals surface area contributed by atoms with E-state index < -0.39 is 0 Å². The second-order valence-corrected chi connectivity index (χ2v) is 3.31. The van der Waals surface area contributed by atoms with Crippen molar-refractivity contribution < 1.29 is 4.79 Å². The zero-order valence-electron chi connectivity index (χ0n) is 8.50. The molecule has 0 aromatic heterocycles. The number of carbonyl (C=O) groups is 1. The van der Waals surface area contributed by atoms with Gasteiger partial charge in [0.2, 0.25) is 0 Å². The first-order chi connectivity index (χ1) is 6.69. The van der Waals surface area contributed by atoms with Gasteiger partial charge in [0, 0.05) is 12.0 Å². The Labute approximate surface area is 84.2 Å². The maximum Gasteiger partial charge on any atom is 0.162 e. The molecule has 2 nitrogen and oxygen atoms in total. The third-order valence-electron chi connectivity index (χ3n) is 2.15. The summed E-state index contributed by atoms with van der Waals surface area (Å²) in [6.07, 6.45) is 1.43. The zero-order valence-corrected chi connectivity index (χ0v) is 8.50. The number of carbonyl (C=O) groups excluding carboxylic acids is 1. The molecule has 0 atom stereocenters. The van der Waals surface area contributed by atoms with E-state index in [2.05, 4.69) is 6.07 Å². The van der Waals surface area contributed by atoms with E-state index in [1.54, 1.807) is 18.2 Å². The van der Waals surface area contributed by atoms with E-state index in [1.165, 1.54) is 0 Å². The molecule has 0 N–H and O–H groups in total. The number of hydrogen-bond donors (Lipinski definition) is 0. The highest BCUT2D eigenvalue weighted by atomic mass is 16.1. The molecule has 2 heteroatoms. The Hall–Kier alpha value is -1.62. The van der Waals surface area contributed by atoms with E-state index in [0.717, 1.165) is 12.0 Å². The molecule has 0 aliphatic carbocycles. The van der Waals surface area contributed by atoms with Crippen LogP contribution in [0.3, 0.4) is 0 Å². The molecule has 1 rings (SSSR count). The van der Waals surface area contributed by atoms with Gasteiger partial charge in [-0.15, -0.1) is 0 Å². The molecule has 0 saturated heterocycles. The Balaban J connectivity index is 2.98. The molecule has 0 heterocycles. The molecule has 0 amide bonds. The molecular formula is C12H13NO. The van der Waals surface area contributed by atoms with E-state index in [4.69, 9.17) is 5.26 Å². The quantitative estimate of drug-likeness (QED) is 0.683. The smallest absolute Gasteiger partial charge is 0.162 e. The van der Waals surface area contributed by atoms with Gasteiger partial charge in [0.1, 0.15) is 0 Å². The number of ketones is 1. The van der Waals surface area contributed by atoms with Crippen LogP contribution in [0.4, 0.5) is 0 Å². The second kappa shape index (κ2) is 4.57. The molecule has 72 valence electrons. The molecule has 0 unspecified atom stereocenters. The monoisotopic (exact) mass is 187 g/mol. The van der Waals surface area contributed by atoms with Gasteiger partial charge < -0.3 is 0 Å². The van der Waals surface area contributed by atoms with Crippen LogP contribution in [-0.2, 0) is 0 Å². The van der Waals surface area contributed by atoms with Gasteiger partial charge in [-0.05, 0) is 31.0 Å². The SMILES string of the molecule is CCCC(=O)c1ccc(C#N)c(C)c1. The lowest BCUT2D eigenvalue weighted by molar-refractivity contribution is 0.0981. The van der Waals surface area contributed by atoms with Crippen LogP contribution in [-0.4, -0.2) is 5.78 Å². The van der Waals surface area contributed by atoms with E-state index in [1.807, 2.05) is 13.8 Å². The summed E-state index contributed by atoms with van der Waals surface area (Å²) < 4.78 is 0. The van der Waals surface area contributed by atoms with Crippen molar-refractivity contribution in [3.63, 3.8) is 0 Å². The van der Waals surface area contributed by atoms with Crippen molar-refractivity contribution in [3.8, 4) is 6.07 Å². The van der Waals surface area contributed by atoms with Crippen LogP contribution in [0.15, 0.2) is 18.2 Å². The van der Waals surface area contributed by atoms with Gasteiger partial charge >= 0.3 is 0 Å². The highest BCUT2D eigenvalue weighted by molar-refractivity contribution is 5.96. The lowest BCUT2D eigenvalue weighted by Crippen LogP contribution is -1.99. The van der Waals surface area contributed by atoms with E-state index in [-0.39, 0.29) is 5.78 Å². The fourth-order valence-corrected chi connectivity index (χ4v) is 1.33. The molecule has 14 heavy (non-hydrogen) atoms. The minimum atomic E-state index is 0.153. The molecule has 0 fully saturated rings. The molecule has 0 saturated carbocycles. The summed E-state index contributed by atoms with van der Waals surface area (Å²) in [6, 6.07) is 7.30. The zero-order chi connectivity index (χ0) is 10.6. The summed E-state index contributed by atoms with van der Waals surface area (Å²) in [5, 5.41) is 8.72. The van der Waals surface area contributed by atoms with Gasteiger partial charge in [-0.3, -0.25) is 4.79 Å². The van der Waals surface area contributed by atoms with Crippen molar-refractivity contribution in [2.24, 2.45) is 0 Å². The third-order valence-corrected chi connectivity index (χ3v) is 2.15. The minimum Gasteiger partial charge on any atom is -0.294 e. The Kier molecular flexibility index (Phi) is 3.41. The van der Waals surface area contributed by atoms with Crippen LogP contribution in [0.25, 0.3) is 0 Å². The Morgan fingerprint density at radius 2 is 2.21 bits per heavy atom. The van der Waals surface area contributed by atoms with Crippen molar-refractivity contribution in [3.05, 3.63) is 34.9 Å². The summed E-state index contributed by atoms with van der Waals surface area (Å²) in [7, 11) is 0. The van der Waals surface area contributed by atoms with Crippen molar-refractivity contribution in [1.29, 1.82) is 5.26 Å². The summed E-state index contributed by atoms with van der Waals surface area (Å²) >= 11 is 0. The van der Waals surface area contributed by atoms with Gasteiger partial charge in [0.15, 0.2) is 5.78 Å². The Bertz CT molecular complexity index is 388. The third kappa shape index (κ3) is 2.20. The number of aryl methyl sites for hydroxylation is 1. The molecule has 0 bridgehead atoms. The lowest BCUT2D eigenvalue weighted by atomic mass is 10.0. The van der Waals surface area contributed by atoms with Gasteiger partial charge in [-0.1, -0.05) is 13.0 Å². The van der Waals surface area contributed by atoms with Crippen molar-refractivity contribution in [2.75, 3.05) is 0 Å². The first-order valence-electron chi connectivity index (χ1n) is 4.73. The van der Waals surface area contributed by atoms with Crippen molar-refractivity contribution in [1.82, 2.24) is 0 Å². The number of nitriles is 1. The van der Waals surface area contributed by atoms with Crippen LogP contribution in [0.1, 0.15) is 41.3 Å². The van der Waals surface area contributed by atoms with Gasteiger partial charge in [0.25, 0.3) is 0 Å². The standard InChI is InChI=1S/C12H13NO/c1-3-4-12(14)10-5-6-11(8-13)9(2)7-10/h5-7H,3-4H2,1-2H3. The van der Waals surface area contributed by atoms with Crippen LogP contribution in [0.2, 0.25) is 0 Å². The first kappa shape index (κ1) is 10.5. The fraction of sp³-hybridized carbons (Fsp3) is 0.333. The normalized spacial score (nSPS) is 9.50. The highest BCUT2D eigenvalue weighted by Gasteiger charge is 2.06. The topological polar surface area (TPSA) is 40.9 Å². The molecule has 0 aliphatic heterocycles. The summed E-state index contributed by atoms with van der Waals surface area (Å²) in [4.78, 5) is 11.5. The highest BCUT2D eigenvalue weighted by Crippen LogP contribution is 2.12. The average molecular weight is 187 g/mol. The maximum absolute atomic E-state index is 11.5. The molecule has 1 aromatic rings. The molecule has 0 aliphatic rings. The van der Waals surface area contributed by atoms with Crippen molar-refractivity contribution in [2.45, 2.75) is 26.7 Å². The number of nitrogens with zero attached hydrogens (tertiary/aromatic N) is 1. The largest absolute Gasteiger partial charge is 0.294 e. The summed E-state index contributed by atoms with van der Waals surface area (Å²) in [5.74, 6) is 0.153. The van der Waals surface area contributed by atoms with Crippen LogP contribution in [0, 0.1) is 18.3 Å². The predicted molar refractivity (Wildman–Crippen MR) is 55.1 cm³/mol. The molecule has 0 radical (unpaired) electrons. The molecule has 0 spiro atoms. The Morgan fingerprint density at radius 3 is 2.71 bits per heavy atom. The van der Waals surface area contributed by atoms with E-state index in [9.17, 15) is 4.79 Å². The van der Waals surface area contributed by atoms with Gasteiger partial charge in [0.05, 0.1) is 11.6 Å². The van der Waals surface area contributed by atoms with Crippen LogP contribution < -0.4 is 0 Å². The summed E-state index contributed by atoms with van der Waals surface area (Å²) in [6.45, 7) is 3.83. The second-order valence-electron chi connectivity index (χ2n) is 3.31. The van der Waals surface area contributed by atoms with Crippen LogP contribution >= 0.6 is 0 Å². The van der Waals surface area contributed by atoms with Gasteiger partial charge in [-0.2, -0.15) is 5.26 Å². The van der Waals surface area contributed by atoms with Gasteiger partial charge in [-0.25, -0.2) is 0 Å². The number of rotatable bonds is 3. The molecule has 1 aromatic carbocycles. The molecular weight excluding hydrogens is 174 g/mol.